The molecule has 186 valence electrons. The molecule has 0 radical (unpaired) electrons. The van der Waals surface area contributed by atoms with Crippen LogP contribution in [0.5, 0.6) is 11.5 Å². The molecule has 36 heavy (non-hydrogen) atoms. The number of hydrogen-bond donors (Lipinski definition) is 1. The van der Waals surface area contributed by atoms with Gasteiger partial charge in [0.2, 0.25) is 5.91 Å². The second-order valence-electron chi connectivity index (χ2n) is 7.29. The van der Waals surface area contributed by atoms with Gasteiger partial charge < -0.3 is 14.8 Å². The number of rotatable bonds is 10. The Bertz CT molecular complexity index is 1410. The Kier molecular flexibility index (Phi) is 7.96. The number of carbonyl (C=O) groups is 1. The van der Waals surface area contributed by atoms with Crippen LogP contribution in [0.3, 0.4) is 0 Å². The number of anilines is 1. The van der Waals surface area contributed by atoms with Gasteiger partial charge in [-0.15, -0.1) is 11.3 Å². The molecule has 2 aromatic heterocycles. The summed E-state index contributed by atoms with van der Waals surface area (Å²) in [6.07, 6.45) is 1.44. The van der Waals surface area contributed by atoms with Crippen LogP contribution in [0.25, 0.3) is 21.3 Å². The van der Waals surface area contributed by atoms with Gasteiger partial charge in [-0.3, -0.25) is 14.9 Å². The summed E-state index contributed by atoms with van der Waals surface area (Å²) < 4.78 is 24.3. The zero-order valence-electron chi connectivity index (χ0n) is 19.3. The number of aromatic nitrogens is 2. The first kappa shape index (κ1) is 25.3. The van der Waals surface area contributed by atoms with Gasteiger partial charge in [-0.2, -0.15) is 0 Å². The maximum Gasteiger partial charge on any atom is 0.314 e. The quantitative estimate of drug-likeness (QED) is 0.116. The zero-order chi connectivity index (χ0) is 25.7. The first-order valence-electron chi connectivity index (χ1n) is 10.9. The van der Waals surface area contributed by atoms with Gasteiger partial charge in [0.25, 0.3) is 0 Å². The molecule has 0 fully saturated rings. The average molecular weight is 529 g/mol. The molecule has 0 saturated carbocycles. The standard InChI is InChI=1S/C24H21FN4O5S2/c1-3-33-19-10-18(29(31)32)20(34-4-2)9-17(19)28-21(30)12-36-24-22-16(11-35-23(22)26-13-27-24)14-5-7-15(25)8-6-14/h5-11,13H,3-4,12H2,1-2H3,(H,28,30). The molecule has 0 unspecified atom stereocenters. The fourth-order valence-corrected chi connectivity index (χ4v) is 5.25. The van der Waals surface area contributed by atoms with Gasteiger partial charge in [0.15, 0.2) is 5.75 Å². The second kappa shape index (κ2) is 11.3. The van der Waals surface area contributed by atoms with Crippen molar-refractivity contribution in [1.29, 1.82) is 0 Å². The van der Waals surface area contributed by atoms with Gasteiger partial charge in [0.05, 0.1) is 41.0 Å². The molecule has 0 bridgehead atoms. The SMILES string of the molecule is CCOc1cc([N+](=O)[O-])c(OCC)cc1NC(=O)CSc1ncnc2scc(-c3ccc(F)cc3)c12. The third-order valence-electron chi connectivity index (χ3n) is 4.96. The molecule has 0 aliphatic heterocycles. The number of amides is 1. The molecule has 2 heterocycles. The Hall–Kier alpha value is -3.77. The molecular formula is C24H21FN4O5S2. The lowest BCUT2D eigenvalue weighted by atomic mass is 10.1. The highest BCUT2D eigenvalue weighted by Gasteiger charge is 2.22. The van der Waals surface area contributed by atoms with Gasteiger partial charge in [-0.05, 0) is 31.5 Å². The number of fused-ring (bicyclic) bond motifs is 1. The summed E-state index contributed by atoms with van der Waals surface area (Å²) in [5, 5.41) is 17.5. The number of nitro groups is 1. The number of hydrogen-bond acceptors (Lipinski definition) is 9. The van der Waals surface area contributed by atoms with E-state index in [9.17, 15) is 19.3 Å². The molecule has 4 rings (SSSR count). The van der Waals surface area contributed by atoms with Gasteiger partial charge in [0.1, 0.15) is 27.8 Å². The molecule has 2 aromatic carbocycles. The van der Waals surface area contributed by atoms with Crippen molar-refractivity contribution in [2.45, 2.75) is 18.9 Å². The van der Waals surface area contributed by atoms with Crippen molar-refractivity contribution >= 4 is 50.6 Å². The van der Waals surface area contributed by atoms with E-state index in [2.05, 4.69) is 15.3 Å². The van der Waals surface area contributed by atoms with Gasteiger partial charge in [-0.1, -0.05) is 23.9 Å². The van der Waals surface area contributed by atoms with Gasteiger partial charge in [-0.25, -0.2) is 14.4 Å². The van der Waals surface area contributed by atoms with Crippen molar-refractivity contribution in [3.05, 3.63) is 64.0 Å². The van der Waals surface area contributed by atoms with E-state index < -0.39 is 4.92 Å². The number of halogens is 1. The van der Waals surface area contributed by atoms with Crippen LogP contribution in [0.4, 0.5) is 15.8 Å². The Morgan fingerprint density at radius 1 is 1.14 bits per heavy atom. The summed E-state index contributed by atoms with van der Waals surface area (Å²) in [7, 11) is 0. The molecule has 0 spiro atoms. The van der Waals surface area contributed by atoms with Crippen molar-refractivity contribution in [3.8, 4) is 22.6 Å². The maximum atomic E-state index is 13.4. The van der Waals surface area contributed by atoms with E-state index in [4.69, 9.17) is 9.47 Å². The third kappa shape index (κ3) is 5.55. The van der Waals surface area contributed by atoms with E-state index in [1.54, 1.807) is 26.0 Å². The summed E-state index contributed by atoms with van der Waals surface area (Å²) in [6.45, 7) is 3.93. The van der Waals surface area contributed by atoms with Crippen LogP contribution in [0.15, 0.2) is 53.1 Å². The molecule has 9 nitrogen and oxygen atoms in total. The lowest BCUT2D eigenvalue weighted by Crippen LogP contribution is -2.15. The average Bonchev–Trinajstić information content (AvgIpc) is 3.29. The van der Waals surface area contributed by atoms with Crippen LogP contribution in [0, 0.1) is 15.9 Å². The summed E-state index contributed by atoms with van der Waals surface area (Å²) in [5.74, 6) is -0.466. The number of nitrogens with one attached hydrogen (secondary N) is 1. The van der Waals surface area contributed by atoms with Crippen molar-refractivity contribution in [2.24, 2.45) is 0 Å². The number of thioether (sulfide) groups is 1. The minimum atomic E-state index is -0.561. The van der Waals surface area contributed by atoms with Crippen LogP contribution in [-0.2, 0) is 4.79 Å². The number of nitrogens with zero attached hydrogens (tertiary/aromatic N) is 3. The summed E-state index contributed by atoms with van der Waals surface area (Å²) in [4.78, 5) is 33.2. The first-order valence-corrected chi connectivity index (χ1v) is 12.8. The highest BCUT2D eigenvalue weighted by Crippen LogP contribution is 2.39. The van der Waals surface area contributed by atoms with Gasteiger partial charge in [0, 0.05) is 17.0 Å². The largest absolute Gasteiger partial charge is 0.491 e. The van der Waals surface area contributed by atoms with Crippen molar-refractivity contribution in [2.75, 3.05) is 24.3 Å². The number of ether oxygens (including phenoxy) is 2. The van der Waals surface area contributed by atoms with E-state index in [1.807, 2.05) is 5.38 Å². The minimum absolute atomic E-state index is 0.0112. The highest BCUT2D eigenvalue weighted by molar-refractivity contribution is 8.00. The maximum absolute atomic E-state index is 13.4. The lowest BCUT2D eigenvalue weighted by Gasteiger charge is -2.14. The van der Waals surface area contributed by atoms with Crippen LogP contribution in [0.1, 0.15) is 13.8 Å². The van der Waals surface area contributed by atoms with E-state index in [-0.39, 0.29) is 53.6 Å². The first-order chi connectivity index (χ1) is 17.4. The number of carbonyl (C=O) groups excluding carboxylic acids is 1. The molecule has 0 aliphatic rings. The Balaban J connectivity index is 1.57. The molecule has 4 aromatic rings. The molecule has 0 atom stereocenters. The molecular weight excluding hydrogens is 507 g/mol. The molecule has 12 heteroatoms. The Labute approximate surface area is 213 Å². The number of thiophene rings is 1. The zero-order valence-corrected chi connectivity index (χ0v) is 21.0. The van der Waals surface area contributed by atoms with E-state index in [0.29, 0.717) is 5.03 Å². The van der Waals surface area contributed by atoms with Crippen LogP contribution >= 0.6 is 23.1 Å². The lowest BCUT2D eigenvalue weighted by molar-refractivity contribution is -0.385. The van der Waals surface area contributed by atoms with Crippen molar-refractivity contribution < 1.29 is 23.6 Å². The molecule has 0 aliphatic carbocycles. The van der Waals surface area contributed by atoms with Crippen LogP contribution < -0.4 is 14.8 Å². The van der Waals surface area contributed by atoms with Crippen molar-refractivity contribution in [1.82, 2.24) is 9.97 Å². The number of nitro benzene ring substituents is 1. The monoisotopic (exact) mass is 528 g/mol. The molecule has 1 N–H and O–H groups in total. The Morgan fingerprint density at radius 2 is 1.86 bits per heavy atom. The van der Waals surface area contributed by atoms with E-state index in [0.717, 1.165) is 21.3 Å². The summed E-state index contributed by atoms with van der Waals surface area (Å²) >= 11 is 2.66. The third-order valence-corrected chi connectivity index (χ3v) is 6.84. The highest BCUT2D eigenvalue weighted by atomic mass is 32.2. The molecule has 0 saturated heterocycles. The predicted octanol–water partition coefficient (Wildman–Crippen LogP) is 5.93. The Morgan fingerprint density at radius 3 is 2.56 bits per heavy atom. The fraction of sp³-hybridized carbons (Fsp3) is 0.208. The van der Waals surface area contributed by atoms with Crippen LogP contribution in [0.2, 0.25) is 0 Å². The van der Waals surface area contributed by atoms with Gasteiger partial charge >= 0.3 is 5.69 Å². The van der Waals surface area contributed by atoms with E-state index >= 15 is 0 Å². The summed E-state index contributed by atoms with van der Waals surface area (Å²) in [5.41, 5.74) is 1.70. The number of benzene rings is 2. The minimum Gasteiger partial charge on any atom is -0.491 e. The van der Waals surface area contributed by atoms with Crippen LogP contribution in [-0.4, -0.2) is 39.8 Å². The topological polar surface area (TPSA) is 116 Å². The fourth-order valence-electron chi connectivity index (χ4n) is 3.45. The second-order valence-corrected chi connectivity index (χ2v) is 9.11. The summed E-state index contributed by atoms with van der Waals surface area (Å²) in [6, 6.07) is 8.78. The van der Waals surface area contributed by atoms with E-state index in [1.165, 1.54) is 53.7 Å². The molecule has 1 amide bonds. The smallest absolute Gasteiger partial charge is 0.314 e. The van der Waals surface area contributed by atoms with Crippen molar-refractivity contribution in [3.63, 3.8) is 0 Å². The predicted molar refractivity (Wildman–Crippen MR) is 138 cm³/mol. The normalized spacial score (nSPS) is 10.9.